The molecular formula is C14H23N3O5S. The number of sulfonamides is 1. The van der Waals surface area contributed by atoms with E-state index < -0.39 is 16.0 Å². The molecular weight excluding hydrogens is 322 g/mol. The van der Waals surface area contributed by atoms with Crippen LogP contribution in [0, 0.1) is 5.92 Å². The van der Waals surface area contributed by atoms with Crippen LogP contribution in [0.1, 0.15) is 35.9 Å². The van der Waals surface area contributed by atoms with Gasteiger partial charge < -0.3 is 9.47 Å². The van der Waals surface area contributed by atoms with Crippen LogP contribution in [-0.2, 0) is 19.5 Å². The van der Waals surface area contributed by atoms with Gasteiger partial charge in [-0.15, -0.1) is 0 Å². The second kappa shape index (κ2) is 6.98. The van der Waals surface area contributed by atoms with Crippen molar-refractivity contribution in [3.63, 3.8) is 0 Å². The number of aromatic nitrogens is 2. The summed E-state index contributed by atoms with van der Waals surface area (Å²) in [5.41, 5.74) is 0.937. The number of rotatable bonds is 7. The van der Waals surface area contributed by atoms with Crippen molar-refractivity contribution in [1.29, 1.82) is 0 Å². The largest absolute Gasteiger partial charge is 0.464 e. The Labute approximate surface area is 136 Å². The summed E-state index contributed by atoms with van der Waals surface area (Å²) in [6.07, 6.45) is -0.322. The lowest BCUT2D eigenvalue weighted by Crippen LogP contribution is -2.51. The van der Waals surface area contributed by atoms with Crippen LogP contribution >= 0.6 is 0 Å². The van der Waals surface area contributed by atoms with E-state index in [9.17, 15) is 13.2 Å². The Kier molecular flexibility index (Phi) is 5.43. The summed E-state index contributed by atoms with van der Waals surface area (Å²) in [5.74, 6) is -0.404. The van der Waals surface area contributed by atoms with E-state index in [-0.39, 0.29) is 29.4 Å². The fraction of sp³-hybridized carbons (Fsp3) is 0.714. The van der Waals surface area contributed by atoms with E-state index >= 15 is 0 Å². The number of nitrogens with one attached hydrogen (secondary N) is 1. The molecule has 1 N–H and O–H groups in total. The first-order chi connectivity index (χ1) is 10.8. The topological polar surface area (TPSA) is 102 Å². The van der Waals surface area contributed by atoms with Crippen LogP contribution < -0.4 is 0 Å². The van der Waals surface area contributed by atoms with Crippen LogP contribution in [0.5, 0.6) is 0 Å². The highest BCUT2D eigenvalue weighted by molar-refractivity contribution is 7.89. The number of hydrogen-bond donors (Lipinski definition) is 1. The number of nitrogens with zero attached hydrogens (tertiary/aromatic N) is 2. The Hall–Kier alpha value is -1.45. The maximum atomic E-state index is 12.4. The molecule has 8 nitrogen and oxygen atoms in total. The minimum atomic E-state index is -3.35. The monoisotopic (exact) mass is 345 g/mol. The molecule has 0 aromatic carbocycles. The van der Waals surface area contributed by atoms with Crippen LogP contribution in [0.3, 0.4) is 0 Å². The van der Waals surface area contributed by atoms with E-state index in [0.717, 1.165) is 5.69 Å². The van der Waals surface area contributed by atoms with Gasteiger partial charge in [0.15, 0.2) is 5.69 Å². The van der Waals surface area contributed by atoms with Crippen molar-refractivity contribution in [3.8, 4) is 0 Å². The Morgan fingerprint density at radius 3 is 2.61 bits per heavy atom. The van der Waals surface area contributed by atoms with Crippen molar-refractivity contribution in [3.05, 3.63) is 17.5 Å². The molecule has 1 atom stereocenters. The second-order valence-corrected chi connectivity index (χ2v) is 8.02. The third-order valence-electron chi connectivity index (χ3n) is 4.09. The quantitative estimate of drug-likeness (QED) is 0.726. The molecule has 0 bridgehead atoms. The maximum absolute atomic E-state index is 12.4. The zero-order valence-corrected chi connectivity index (χ0v) is 14.6. The third kappa shape index (κ3) is 3.91. The van der Waals surface area contributed by atoms with Crippen LogP contribution in [0.25, 0.3) is 0 Å². The number of carbonyl (C=O) groups is 1. The molecule has 1 fully saturated rings. The van der Waals surface area contributed by atoms with Crippen molar-refractivity contribution in [2.45, 2.75) is 25.9 Å². The van der Waals surface area contributed by atoms with Crippen molar-refractivity contribution in [1.82, 2.24) is 14.5 Å². The predicted molar refractivity (Wildman–Crippen MR) is 83.7 cm³/mol. The lowest BCUT2D eigenvalue weighted by molar-refractivity contribution is 0.0594. The number of esters is 1. The van der Waals surface area contributed by atoms with E-state index in [1.165, 1.54) is 18.5 Å². The van der Waals surface area contributed by atoms with Crippen molar-refractivity contribution in [2.24, 2.45) is 5.92 Å². The third-order valence-corrected chi connectivity index (χ3v) is 5.93. The van der Waals surface area contributed by atoms with Gasteiger partial charge in [-0.05, 0) is 12.0 Å². The molecule has 0 radical (unpaired) electrons. The molecule has 2 rings (SSSR count). The Morgan fingerprint density at radius 1 is 1.43 bits per heavy atom. The summed E-state index contributed by atoms with van der Waals surface area (Å²) in [6, 6.07) is 1.60. The van der Waals surface area contributed by atoms with Crippen molar-refractivity contribution >= 4 is 16.0 Å². The van der Waals surface area contributed by atoms with Gasteiger partial charge in [0.2, 0.25) is 10.0 Å². The molecule has 1 aromatic heterocycles. The summed E-state index contributed by atoms with van der Waals surface area (Å²) < 4.78 is 36.0. The van der Waals surface area contributed by atoms with E-state index in [1.54, 1.807) is 6.07 Å². The van der Waals surface area contributed by atoms with Crippen LogP contribution in [-0.4, -0.2) is 68.1 Å². The number of H-pyrrole nitrogens is 1. The molecule has 0 amide bonds. The first kappa shape index (κ1) is 17.9. The molecule has 0 aliphatic carbocycles. The zero-order chi connectivity index (χ0) is 17.2. The van der Waals surface area contributed by atoms with E-state index in [4.69, 9.17) is 4.74 Å². The Morgan fingerprint density at radius 2 is 2.09 bits per heavy atom. The lowest BCUT2D eigenvalue weighted by Gasteiger charge is -2.38. The molecule has 2 heterocycles. The Balaban J connectivity index is 1.95. The number of carbonyl (C=O) groups excluding carboxylic acids is 1. The van der Waals surface area contributed by atoms with E-state index in [0.29, 0.717) is 13.1 Å². The van der Waals surface area contributed by atoms with Gasteiger partial charge in [0.25, 0.3) is 0 Å². The molecule has 1 aliphatic rings. The second-order valence-electron chi connectivity index (χ2n) is 6.01. The average molecular weight is 345 g/mol. The van der Waals surface area contributed by atoms with E-state index in [2.05, 4.69) is 14.9 Å². The summed E-state index contributed by atoms with van der Waals surface area (Å²) in [7, 11) is -0.540. The number of hydrogen-bond acceptors (Lipinski definition) is 6. The minimum Gasteiger partial charge on any atom is -0.464 e. The summed E-state index contributed by atoms with van der Waals surface area (Å²) in [6.45, 7) is 4.61. The molecule has 0 spiro atoms. The normalized spacial score (nSPS) is 18.0. The highest BCUT2D eigenvalue weighted by Gasteiger charge is 2.39. The molecule has 1 saturated heterocycles. The van der Waals surface area contributed by atoms with Gasteiger partial charge in [-0.2, -0.15) is 5.10 Å². The number of ether oxygens (including phenoxy) is 2. The van der Waals surface area contributed by atoms with Gasteiger partial charge in [0, 0.05) is 31.8 Å². The van der Waals surface area contributed by atoms with Crippen LogP contribution in [0.2, 0.25) is 0 Å². The van der Waals surface area contributed by atoms with Gasteiger partial charge in [-0.25, -0.2) is 17.5 Å². The van der Waals surface area contributed by atoms with Gasteiger partial charge >= 0.3 is 5.97 Å². The first-order valence-corrected chi connectivity index (χ1v) is 9.03. The molecule has 0 saturated carbocycles. The summed E-state index contributed by atoms with van der Waals surface area (Å²) in [4.78, 5) is 11.4. The smallest absolute Gasteiger partial charge is 0.358 e. The SMILES string of the molecule is COC(=O)c1cc(C2CN(S(=O)(=O)CC(OC)C(C)C)C2)[nH]n1. The molecule has 9 heteroatoms. The number of methoxy groups -OCH3 is 2. The van der Waals surface area contributed by atoms with Crippen molar-refractivity contribution in [2.75, 3.05) is 33.1 Å². The zero-order valence-electron chi connectivity index (χ0n) is 13.8. The molecule has 130 valence electrons. The van der Waals surface area contributed by atoms with Crippen LogP contribution in [0.4, 0.5) is 0 Å². The van der Waals surface area contributed by atoms with Gasteiger partial charge in [0.05, 0.1) is 19.0 Å². The fourth-order valence-corrected chi connectivity index (χ4v) is 4.42. The first-order valence-electron chi connectivity index (χ1n) is 7.42. The molecule has 23 heavy (non-hydrogen) atoms. The van der Waals surface area contributed by atoms with Gasteiger partial charge in [-0.3, -0.25) is 5.10 Å². The van der Waals surface area contributed by atoms with Crippen molar-refractivity contribution < 1.29 is 22.7 Å². The van der Waals surface area contributed by atoms with Crippen LogP contribution in [0.15, 0.2) is 6.07 Å². The Bertz CT molecular complexity index is 649. The lowest BCUT2D eigenvalue weighted by atomic mass is 9.99. The van der Waals surface area contributed by atoms with Gasteiger partial charge in [-0.1, -0.05) is 13.8 Å². The highest BCUT2D eigenvalue weighted by Crippen LogP contribution is 2.29. The fourth-order valence-electron chi connectivity index (χ4n) is 2.46. The van der Waals surface area contributed by atoms with Gasteiger partial charge in [0.1, 0.15) is 0 Å². The standard InChI is InChI=1S/C14H23N3O5S/c1-9(2)13(21-3)8-23(19,20)17-6-10(7-17)11-5-12(16-15-11)14(18)22-4/h5,9-10,13H,6-8H2,1-4H3,(H,15,16). The average Bonchev–Trinajstić information content (AvgIpc) is 2.91. The highest BCUT2D eigenvalue weighted by atomic mass is 32.2. The summed E-state index contributed by atoms with van der Waals surface area (Å²) >= 11 is 0. The number of aromatic amines is 1. The molecule has 1 aromatic rings. The van der Waals surface area contributed by atoms with E-state index in [1.807, 2.05) is 13.8 Å². The predicted octanol–water partition coefficient (Wildman–Crippen LogP) is 0.596. The molecule has 1 unspecified atom stereocenters. The maximum Gasteiger partial charge on any atom is 0.358 e. The minimum absolute atomic E-state index is 0.00993. The summed E-state index contributed by atoms with van der Waals surface area (Å²) in [5, 5.41) is 6.64. The molecule has 1 aliphatic heterocycles.